The minimum absolute atomic E-state index is 0.00656. The number of carbonyl (C=O) groups excluding carboxylic acids is 9. The second kappa shape index (κ2) is 32.3. The van der Waals surface area contributed by atoms with Gasteiger partial charge in [-0.2, -0.15) is 0 Å². The predicted octanol–water partition coefficient (Wildman–Crippen LogP) is 5.30. The first-order valence-corrected chi connectivity index (χ1v) is 32.6. The Hall–Kier alpha value is -7.11. The number of hydrogen-bond acceptors (Lipinski definition) is 18. The summed E-state index contributed by atoms with van der Waals surface area (Å²) in [5.74, 6) is -5.98. The van der Waals surface area contributed by atoms with E-state index in [0.29, 0.717) is 31.2 Å². The van der Waals surface area contributed by atoms with Crippen molar-refractivity contribution in [1.29, 1.82) is 0 Å². The van der Waals surface area contributed by atoms with Gasteiger partial charge < -0.3 is 70.3 Å². The van der Waals surface area contributed by atoms with Gasteiger partial charge in [-0.3, -0.25) is 29.3 Å². The van der Waals surface area contributed by atoms with Crippen molar-refractivity contribution < 1.29 is 85.1 Å². The number of carbonyl (C=O) groups is 9. The minimum atomic E-state index is -4.27. The maximum Gasteiger partial charge on any atom is 0.409 e. The summed E-state index contributed by atoms with van der Waals surface area (Å²) >= 11 is 9.99. The number of nitrogens with two attached hydrogens (primary N) is 1. The third kappa shape index (κ3) is 19.5. The van der Waals surface area contributed by atoms with E-state index in [2.05, 4.69) is 49.1 Å². The summed E-state index contributed by atoms with van der Waals surface area (Å²) in [6.07, 6.45) is 1.86. The average Bonchev–Trinajstić information content (AvgIpc) is 1.57. The molecule has 26 nitrogen and oxygen atoms in total. The summed E-state index contributed by atoms with van der Waals surface area (Å²) in [7, 11) is 1.29. The summed E-state index contributed by atoms with van der Waals surface area (Å²) < 4.78 is 61.6. The van der Waals surface area contributed by atoms with Gasteiger partial charge in [-0.05, 0) is 101 Å². The fourth-order valence-electron chi connectivity index (χ4n) is 10.4. The first-order chi connectivity index (χ1) is 42.2. The smallest absolute Gasteiger partial charge is 0.409 e. The van der Waals surface area contributed by atoms with E-state index in [0.717, 1.165) is 28.9 Å². The second-order valence-electron chi connectivity index (χ2n) is 23.3. The number of primary amides is 1. The van der Waals surface area contributed by atoms with E-state index in [1.165, 1.54) is 46.2 Å². The largest absolute Gasteiger partial charge is 0.495 e. The van der Waals surface area contributed by atoms with Crippen LogP contribution >= 0.6 is 27.5 Å². The number of benzene rings is 2. The molecule has 3 heterocycles. The number of urea groups is 1. The highest BCUT2D eigenvalue weighted by Crippen LogP contribution is 2.49. The fourth-order valence-corrected chi connectivity index (χ4v) is 11.8. The summed E-state index contributed by atoms with van der Waals surface area (Å²) in [6, 6.07) is 2.06. The van der Waals surface area contributed by atoms with Gasteiger partial charge in [0.2, 0.25) is 23.6 Å². The lowest BCUT2D eigenvalue weighted by Crippen LogP contribution is -2.63. The van der Waals surface area contributed by atoms with E-state index in [9.17, 15) is 56.7 Å². The number of ether oxygens (including phenoxy) is 6. The Bertz CT molecular complexity index is 3220. The molecule has 2 fully saturated rings. The number of alkyl carbamates (subject to hydrolysis) is 1. The number of halogens is 2. The lowest BCUT2D eigenvalue weighted by Gasteiger charge is -2.42. The number of allylic oxidation sites excluding steroid dienone is 3. The molecule has 0 spiro atoms. The quantitative estimate of drug-likeness (QED) is 0.0166. The monoisotopic (exact) mass is 1360 g/mol. The number of alkyl halides is 1. The molecule has 5 rings (SSSR count). The molecule has 2 saturated heterocycles. The first-order valence-electron chi connectivity index (χ1n) is 29.2. The van der Waals surface area contributed by atoms with Gasteiger partial charge >= 0.3 is 24.1 Å². The number of nitrogens with one attached hydrogen (secondary N) is 5. The Morgan fingerprint density at radius 2 is 1.73 bits per heavy atom. The lowest BCUT2D eigenvalue weighted by molar-refractivity contribution is -0.158. The van der Waals surface area contributed by atoms with E-state index in [1.54, 1.807) is 58.1 Å². The number of sulfone groups is 1. The normalized spacial score (nSPS) is 23.7. The summed E-state index contributed by atoms with van der Waals surface area (Å²) in [4.78, 5) is 123. The third-order valence-electron chi connectivity index (χ3n) is 15.9. The van der Waals surface area contributed by atoms with E-state index in [4.69, 9.17) is 45.8 Å². The van der Waals surface area contributed by atoms with Crippen molar-refractivity contribution in [3.63, 3.8) is 0 Å². The highest BCUT2D eigenvalue weighted by molar-refractivity contribution is 9.09. The van der Waals surface area contributed by atoms with E-state index in [-0.39, 0.29) is 77.4 Å². The van der Waals surface area contributed by atoms with Crippen LogP contribution in [0, 0.1) is 11.8 Å². The van der Waals surface area contributed by atoms with Crippen LogP contribution < -0.4 is 42.0 Å². The number of rotatable bonds is 25. The standard InChI is InChI=1S/C61H84BrClN8O18S/c1-33(2)51(68-48(72)21-14-13-15-25-86-56(77)35(4)32-62)54(75)67-41(19-17-24-65-58(64)79)53(74)66-40-23-22-39(29-45(40)90(12,82)83)55(76)70(8)37(6)57(78)88-47-30-49(73)71(9)42-27-38(28-43(84-10)50(42)63)26-34(3)18-16-20-46(85-11)61(81)31-44(87-59(80)69-61)36(5)52-60(47,7)89-52/h16,18,20,22-23,27-29,33,36-37,41,44,46-47,51-52,81H,4,13-15,17,19,21,24-26,30-32H2,1-3,5-12H3,(H,66,74)(H,67,75)(H,68,72)(H,69,80)(H3,64,65,79)/b20-16+,34-18+/t36-,37+,41+,44+,46-,47+,51+,52+,60+,61+/m1/s1. The van der Waals surface area contributed by atoms with E-state index in [1.807, 2.05) is 6.92 Å². The molecule has 496 valence electrons. The number of amides is 8. The third-order valence-corrected chi connectivity index (χ3v) is 18.1. The Morgan fingerprint density at radius 3 is 2.37 bits per heavy atom. The number of esters is 2. The SMILES string of the molecule is C=C(CBr)C(=O)OCCCCCC(=O)N[C@H](C(=O)N[C@@H](CCCNC(N)=O)C(=O)Nc1ccc(C(=O)N(C)[C@@H](C)C(=O)O[C@H]2CC(=O)N(C)c3cc(cc(OC)c3Cl)C/C(C)=C/C=C/[C@@H](OC)[C@@]3(O)C[C@H](OC(=O)N3)[C@@H](C)[C@@H]3O[C@@]23C)cc1S(C)(=O)=O)C(C)C. The maximum absolute atomic E-state index is 14.6. The molecular weight excluding hydrogens is 1280 g/mol. The zero-order valence-corrected chi connectivity index (χ0v) is 55.7. The molecule has 0 aromatic heterocycles. The molecule has 8 N–H and O–H groups in total. The van der Waals surface area contributed by atoms with Crippen molar-refractivity contribution in [2.75, 3.05) is 63.3 Å². The number of methoxy groups -OCH3 is 2. The molecule has 0 aliphatic carbocycles. The van der Waals surface area contributed by atoms with E-state index < -0.39 is 140 Å². The summed E-state index contributed by atoms with van der Waals surface area (Å²) in [5.41, 5.74) is 3.42. The van der Waals surface area contributed by atoms with Crippen LogP contribution in [0.25, 0.3) is 0 Å². The molecule has 29 heteroatoms. The number of hydrogen-bond donors (Lipinski definition) is 7. The molecule has 10 atom stereocenters. The Kier molecular flexibility index (Phi) is 26.4. The molecule has 3 aliphatic rings. The molecule has 0 saturated carbocycles. The van der Waals surface area contributed by atoms with Gasteiger partial charge in [-0.1, -0.05) is 78.7 Å². The zero-order chi connectivity index (χ0) is 67.2. The molecule has 2 aromatic carbocycles. The van der Waals surface area contributed by atoms with Crippen LogP contribution in [0.3, 0.4) is 0 Å². The van der Waals surface area contributed by atoms with Crippen LogP contribution in [0.2, 0.25) is 5.02 Å². The number of likely N-dealkylation sites (N-methyl/N-ethyl adjacent to an activating group) is 1. The average molecular weight is 1360 g/mol. The zero-order valence-electron chi connectivity index (χ0n) is 52.5. The van der Waals surface area contributed by atoms with Crippen molar-refractivity contribution in [3.05, 3.63) is 82.4 Å². The number of aliphatic hydroxyl groups is 1. The van der Waals surface area contributed by atoms with Crippen LogP contribution in [-0.4, -0.2) is 179 Å². The van der Waals surface area contributed by atoms with Gasteiger partial charge in [0.05, 0.1) is 42.5 Å². The van der Waals surface area contributed by atoms with Crippen LogP contribution in [0.5, 0.6) is 5.75 Å². The first kappa shape index (κ1) is 73.6. The molecular formula is C61H84BrClN8O18S. The molecule has 2 aromatic rings. The molecule has 4 bridgehead atoms. The number of anilines is 2. The van der Waals surface area contributed by atoms with Crippen LogP contribution in [0.15, 0.2) is 71.2 Å². The van der Waals surface area contributed by atoms with Crippen molar-refractivity contribution in [2.45, 2.75) is 158 Å². The van der Waals surface area contributed by atoms with Gasteiger partial charge in [0.15, 0.2) is 15.6 Å². The van der Waals surface area contributed by atoms with Gasteiger partial charge in [0, 0.05) is 69.2 Å². The summed E-state index contributed by atoms with van der Waals surface area (Å²) in [6.45, 7) is 13.6. The number of fused-ring (bicyclic) bond motifs is 5. The Morgan fingerprint density at radius 1 is 1.03 bits per heavy atom. The van der Waals surface area contributed by atoms with Gasteiger partial charge in [-0.25, -0.2) is 27.6 Å². The van der Waals surface area contributed by atoms with Crippen molar-refractivity contribution in [1.82, 2.24) is 26.2 Å². The van der Waals surface area contributed by atoms with Gasteiger partial charge in [0.25, 0.3) is 5.91 Å². The van der Waals surface area contributed by atoms with Crippen LogP contribution in [0.1, 0.15) is 109 Å². The van der Waals surface area contributed by atoms with Crippen molar-refractivity contribution >= 4 is 102 Å². The topological polar surface area (TPSA) is 359 Å². The minimum Gasteiger partial charge on any atom is -0.495 e. The maximum atomic E-state index is 14.6. The second-order valence-corrected chi connectivity index (χ2v) is 26.2. The molecule has 8 amide bonds. The van der Waals surface area contributed by atoms with E-state index >= 15 is 0 Å². The number of nitrogens with zero attached hydrogens (tertiary/aromatic N) is 2. The molecule has 3 aliphatic heterocycles. The van der Waals surface area contributed by atoms with Crippen LogP contribution in [0.4, 0.5) is 21.0 Å². The van der Waals surface area contributed by atoms with Gasteiger partial charge in [0.1, 0.15) is 52.8 Å². The molecule has 0 unspecified atom stereocenters. The van der Waals surface area contributed by atoms with Gasteiger partial charge in [-0.15, -0.1) is 0 Å². The lowest BCUT2D eigenvalue weighted by atomic mass is 9.83. The predicted molar refractivity (Wildman–Crippen MR) is 336 cm³/mol. The Labute approximate surface area is 538 Å². The van der Waals surface area contributed by atoms with Crippen molar-refractivity contribution in [3.8, 4) is 5.75 Å². The fraction of sp³-hybridized carbons (Fsp3) is 0.557. The number of unbranched alkanes of at least 4 members (excludes halogenated alkanes) is 2. The highest BCUT2D eigenvalue weighted by atomic mass is 79.9. The van der Waals surface area contributed by atoms with Crippen LogP contribution in [-0.2, 0) is 68.7 Å². The highest BCUT2D eigenvalue weighted by Gasteiger charge is 2.64. The summed E-state index contributed by atoms with van der Waals surface area (Å²) in [5, 5.41) is 25.1. The Balaban J connectivity index is 1.38. The van der Waals surface area contributed by atoms with Crippen molar-refractivity contribution in [2.24, 2.45) is 17.6 Å². The molecule has 0 radical (unpaired) electrons. The number of epoxide rings is 1. The molecule has 90 heavy (non-hydrogen) atoms.